The van der Waals surface area contributed by atoms with Crippen molar-refractivity contribution in [1.29, 1.82) is 0 Å². The van der Waals surface area contributed by atoms with Gasteiger partial charge in [0.15, 0.2) is 5.65 Å². The molecular formula is C33H30ClFN6O2. The van der Waals surface area contributed by atoms with E-state index in [0.29, 0.717) is 48.1 Å². The van der Waals surface area contributed by atoms with Gasteiger partial charge in [-0.3, -0.25) is 4.98 Å². The molecule has 5 aromatic rings. The summed E-state index contributed by atoms with van der Waals surface area (Å²) < 4.78 is 20.3. The van der Waals surface area contributed by atoms with Crippen molar-refractivity contribution in [2.45, 2.75) is 26.4 Å². The summed E-state index contributed by atoms with van der Waals surface area (Å²) in [6.45, 7) is 8.08. The van der Waals surface area contributed by atoms with E-state index in [1.54, 1.807) is 29.6 Å². The molecule has 6 rings (SSSR count). The molecule has 0 unspecified atom stereocenters. The van der Waals surface area contributed by atoms with Crippen molar-refractivity contribution < 1.29 is 13.9 Å². The highest BCUT2D eigenvalue weighted by molar-refractivity contribution is 6.30. The van der Waals surface area contributed by atoms with Gasteiger partial charge in [0, 0.05) is 83.6 Å². The Labute approximate surface area is 254 Å². The number of amides is 1. The summed E-state index contributed by atoms with van der Waals surface area (Å²) in [6, 6.07) is 16.1. The van der Waals surface area contributed by atoms with E-state index in [9.17, 15) is 9.18 Å². The minimum Gasteiger partial charge on any atom is -0.444 e. The minimum absolute atomic E-state index is 0.287. The van der Waals surface area contributed by atoms with Crippen LogP contribution in [0.15, 0.2) is 79.4 Å². The normalized spacial score (nSPS) is 13.8. The van der Waals surface area contributed by atoms with E-state index in [2.05, 4.69) is 19.9 Å². The van der Waals surface area contributed by atoms with Crippen LogP contribution in [0.4, 0.5) is 15.0 Å². The first-order valence-corrected chi connectivity index (χ1v) is 14.4. The molecule has 1 saturated heterocycles. The Morgan fingerprint density at radius 2 is 1.67 bits per heavy atom. The number of hydrogen-bond acceptors (Lipinski definition) is 7. The molecule has 1 fully saturated rings. The van der Waals surface area contributed by atoms with Crippen LogP contribution in [0.25, 0.3) is 44.5 Å². The van der Waals surface area contributed by atoms with Crippen LogP contribution in [0.2, 0.25) is 5.02 Å². The van der Waals surface area contributed by atoms with Crippen molar-refractivity contribution in [2.24, 2.45) is 0 Å². The Morgan fingerprint density at radius 1 is 0.884 bits per heavy atom. The number of ether oxygens (including phenoxy) is 1. The Kier molecular flexibility index (Phi) is 7.66. The number of aromatic nitrogens is 4. The quantitative estimate of drug-likeness (QED) is 0.216. The smallest absolute Gasteiger partial charge is 0.410 e. The standard InChI is InChI=1S/C33H30ClFN6O2/c1-33(2,3)43-32(42)41-13-11-40(12-14-41)30-9-6-21(20-38-30)22-15-23(19-36-18-22)26-17-29(27-16-24(34)7-8-28(27)35)39-31-25(26)5-4-10-37-31/h4-10,15-20H,11-14H2,1-3H3. The highest BCUT2D eigenvalue weighted by Crippen LogP contribution is 2.34. The summed E-state index contributed by atoms with van der Waals surface area (Å²) in [5.41, 5.74) is 4.17. The number of anilines is 1. The van der Waals surface area contributed by atoms with Crippen LogP contribution in [0, 0.1) is 5.82 Å². The maximum atomic E-state index is 14.8. The van der Waals surface area contributed by atoms with Crippen LogP contribution in [-0.4, -0.2) is 62.7 Å². The Balaban J connectivity index is 1.25. The molecule has 0 atom stereocenters. The van der Waals surface area contributed by atoms with Gasteiger partial charge in [-0.1, -0.05) is 11.6 Å². The zero-order valence-corrected chi connectivity index (χ0v) is 24.8. The van der Waals surface area contributed by atoms with Crippen molar-refractivity contribution >= 4 is 34.5 Å². The third kappa shape index (κ3) is 6.27. The van der Waals surface area contributed by atoms with Crippen molar-refractivity contribution in [3.05, 3.63) is 90.2 Å². The fourth-order valence-corrected chi connectivity index (χ4v) is 5.23. The van der Waals surface area contributed by atoms with Gasteiger partial charge in [-0.25, -0.2) is 24.1 Å². The van der Waals surface area contributed by atoms with E-state index in [1.807, 2.05) is 63.4 Å². The van der Waals surface area contributed by atoms with Gasteiger partial charge in [0.2, 0.25) is 0 Å². The molecule has 5 heterocycles. The van der Waals surface area contributed by atoms with E-state index >= 15 is 0 Å². The molecule has 0 N–H and O–H groups in total. The topological polar surface area (TPSA) is 84.3 Å². The van der Waals surface area contributed by atoms with E-state index in [1.165, 1.54) is 12.1 Å². The number of hydrogen-bond donors (Lipinski definition) is 0. The fourth-order valence-electron chi connectivity index (χ4n) is 5.06. The van der Waals surface area contributed by atoms with Crippen LogP contribution in [0.3, 0.4) is 0 Å². The number of halogens is 2. The molecular weight excluding hydrogens is 567 g/mol. The summed E-state index contributed by atoms with van der Waals surface area (Å²) in [4.78, 5) is 34.6. The molecule has 0 saturated carbocycles. The summed E-state index contributed by atoms with van der Waals surface area (Å²) in [5, 5.41) is 1.25. The van der Waals surface area contributed by atoms with Crippen molar-refractivity contribution in [1.82, 2.24) is 24.8 Å². The minimum atomic E-state index is -0.518. The van der Waals surface area contributed by atoms with Gasteiger partial charge >= 0.3 is 6.09 Å². The van der Waals surface area contributed by atoms with Gasteiger partial charge in [-0.05, 0) is 80.9 Å². The number of carbonyl (C=O) groups excluding carboxylic acids is 1. The van der Waals surface area contributed by atoms with Crippen molar-refractivity contribution in [3.63, 3.8) is 0 Å². The predicted octanol–water partition coefficient (Wildman–Crippen LogP) is 7.27. The van der Waals surface area contributed by atoms with Crippen LogP contribution in [-0.2, 0) is 4.74 Å². The molecule has 1 aliphatic rings. The Bertz CT molecular complexity index is 1800. The molecule has 218 valence electrons. The fraction of sp³-hybridized carbons (Fsp3) is 0.242. The lowest BCUT2D eigenvalue weighted by atomic mass is 9.98. The maximum absolute atomic E-state index is 14.8. The van der Waals surface area contributed by atoms with Crippen LogP contribution in [0.5, 0.6) is 0 Å². The number of carbonyl (C=O) groups is 1. The number of nitrogens with zero attached hydrogens (tertiary/aromatic N) is 6. The molecule has 0 spiro atoms. The SMILES string of the molecule is CC(C)(C)OC(=O)N1CCN(c2ccc(-c3cncc(-c4cc(-c5cc(Cl)ccc5F)nc5ncccc45)c3)cn2)CC1. The number of fused-ring (bicyclic) bond motifs is 1. The summed E-state index contributed by atoms with van der Waals surface area (Å²) >= 11 is 6.18. The third-order valence-electron chi connectivity index (χ3n) is 7.17. The van der Waals surface area contributed by atoms with Gasteiger partial charge in [0.05, 0.1) is 5.69 Å². The van der Waals surface area contributed by atoms with E-state index in [-0.39, 0.29) is 6.09 Å². The zero-order chi connectivity index (χ0) is 30.1. The number of pyridine rings is 4. The molecule has 0 bridgehead atoms. The highest BCUT2D eigenvalue weighted by Gasteiger charge is 2.26. The molecule has 8 nitrogen and oxygen atoms in total. The van der Waals surface area contributed by atoms with Crippen molar-refractivity contribution in [3.8, 4) is 33.5 Å². The second-order valence-corrected chi connectivity index (χ2v) is 11.8. The molecule has 0 aliphatic carbocycles. The summed E-state index contributed by atoms with van der Waals surface area (Å²) in [6.07, 6.45) is 6.77. The van der Waals surface area contributed by atoms with Gasteiger partial charge in [0.25, 0.3) is 0 Å². The lowest BCUT2D eigenvalue weighted by molar-refractivity contribution is 0.0240. The lowest BCUT2D eigenvalue weighted by Gasteiger charge is -2.36. The molecule has 10 heteroatoms. The molecule has 0 radical (unpaired) electrons. The first kappa shape index (κ1) is 28.5. The van der Waals surface area contributed by atoms with Crippen molar-refractivity contribution in [2.75, 3.05) is 31.1 Å². The summed E-state index contributed by atoms with van der Waals surface area (Å²) in [5.74, 6) is 0.429. The number of benzene rings is 1. The first-order chi connectivity index (χ1) is 20.6. The molecule has 43 heavy (non-hydrogen) atoms. The molecule has 1 aromatic carbocycles. The van der Waals surface area contributed by atoms with E-state index in [0.717, 1.165) is 33.5 Å². The second-order valence-electron chi connectivity index (χ2n) is 11.4. The van der Waals surface area contributed by atoms with Gasteiger partial charge < -0.3 is 14.5 Å². The maximum Gasteiger partial charge on any atom is 0.410 e. The van der Waals surface area contributed by atoms with Gasteiger partial charge in [0.1, 0.15) is 17.2 Å². The van der Waals surface area contributed by atoms with E-state index < -0.39 is 11.4 Å². The van der Waals surface area contributed by atoms with Crippen LogP contribution >= 0.6 is 11.6 Å². The monoisotopic (exact) mass is 596 g/mol. The zero-order valence-electron chi connectivity index (χ0n) is 24.1. The lowest BCUT2D eigenvalue weighted by Crippen LogP contribution is -2.50. The van der Waals surface area contributed by atoms with Gasteiger partial charge in [-0.15, -0.1) is 0 Å². The second kappa shape index (κ2) is 11.6. The Hall–Kier alpha value is -4.63. The largest absolute Gasteiger partial charge is 0.444 e. The van der Waals surface area contributed by atoms with Crippen LogP contribution < -0.4 is 4.90 Å². The number of rotatable bonds is 4. The van der Waals surface area contributed by atoms with Crippen LogP contribution in [0.1, 0.15) is 20.8 Å². The molecule has 1 aliphatic heterocycles. The predicted molar refractivity (Wildman–Crippen MR) is 166 cm³/mol. The van der Waals surface area contributed by atoms with E-state index in [4.69, 9.17) is 21.3 Å². The average molecular weight is 597 g/mol. The average Bonchev–Trinajstić information content (AvgIpc) is 3.01. The van der Waals surface area contributed by atoms with Gasteiger partial charge in [-0.2, -0.15) is 0 Å². The third-order valence-corrected chi connectivity index (χ3v) is 7.41. The Morgan fingerprint density at radius 3 is 2.42 bits per heavy atom. The first-order valence-electron chi connectivity index (χ1n) is 14.0. The number of piperazine rings is 1. The molecule has 4 aromatic heterocycles. The summed E-state index contributed by atoms with van der Waals surface area (Å²) in [7, 11) is 0. The molecule has 1 amide bonds. The highest BCUT2D eigenvalue weighted by atomic mass is 35.5.